The number of hydrogen-bond acceptors (Lipinski definition) is 5. The zero-order chi connectivity index (χ0) is 14.0. The van der Waals surface area contributed by atoms with Crippen LogP contribution in [-0.2, 0) is 27.6 Å². The van der Waals surface area contributed by atoms with Crippen LogP contribution in [0, 0.1) is 0 Å². The van der Waals surface area contributed by atoms with Crippen LogP contribution in [0.4, 0.5) is 0 Å². The summed E-state index contributed by atoms with van der Waals surface area (Å²) in [5.74, 6) is -0.246. The maximum atomic E-state index is 12.0. The van der Waals surface area contributed by atoms with Crippen molar-refractivity contribution in [1.29, 1.82) is 0 Å². The van der Waals surface area contributed by atoms with Crippen LogP contribution < -0.4 is 10.6 Å². The molecule has 2 heterocycles. The first kappa shape index (κ1) is 14.0. The Hall–Kier alpha value is -1.41. The summed E-state index contributed by atoms with van der Waals surface area (Å²) in [6, 6.07) is -0.761. The first-order chi connectivity index (χ1) is 8.85. The van der Waals surface area contributed by atoms with Gasteiger partial charge in [-0.15, -0.1) is 0 Å². The maximum absolute atomic E-state index is 12.0. The first-order valence-electron chi connectivity index (χ1n) is 6.08. The van der Waals surface area contributed by atoms with E-state index in [4.69, 9.17) is 0 Å². The van der Waals surface area contributed by atoms with E-state index in [0.717, 1.165) is 17.6 Å². The predicted octanol–water partition coefficient (Wildman–Crippen LogP) is -1.03. The molecule has 0 saturated heterocycles. The third-order valence-corrected chi connectivity index (χ3v) is 4.09. The second-order valence-electron chi connectivity index (χ2n) is 4.97. The van der Waals surface area contributed by atoms with Gasteiger partial charge in [-0.25, -0.2) is 13.4 Å². The third-order valence-electron chi connectivity index (χ3n) is 2.99. The van der Waals surface area contributed by atoms with Crippen molar-refractivity contribution in [2.45, 2.75) is 32.0 Å². The van der Waals surface area contributed by atoms with Crippen molar-refractivity contribution >= 4 is 15.7 Å². The van der Waals surface area contributed by atoms with E-state index in [0.29, 0.717) is 13.0 Å². The lowest BCUT2D eigenvalue weighted by molar-refractivity contribution is -0.123. The van der Waals surface area contributed by atoms with Gasteiger partial charge in [0.05, 0.1) is 29.5 Å². The third kappa shape index (κ3) is 3.77. The largest absolute Gasteiger partial charge is 0.351 e. The average Bonchev–Trinajstić information content (AvgIpc) is 2.72. The van der Waals surface area contributed by atoms with E-state index < -0.39 is 15.9 Å². The minimum absolute atomic E-state index is 0.0564. The first-order valence-corrected chi connectivity index (χ1v) is 8.14. The van der Waals surface area contributed by atoms with Gasteiger partial charge in [0.1, 0.15) is 9.84 Å². The fourth-order valence-corrected chi connectivity index (χ4v) is 3.19. The molecule has 1 aliphatic rings. The van der Waals surface area contributed by atoms with E-state index in [2.05, 4.69) is 20.6 Å². The van der Waals surface area contributed by atoms with Crippen LogP contribution in [0.25, 0.3) is 0 Å². The second-order valence-corrected chi connectivity index (χ2v) is 7.15. The van der Waals surface area contributed by atoms with E-state index in [1.54, 1.807) is 13.3 Å². The molecule has 0 saturated carbocycles. The molecule has 19 heavy (non-hydrogen) atoms. The molecule has 7 nitrogen and oxygen atoms in total. The Bertz CT molecular complexity index is 566. The topological polar surface area (TPSA) is 104 Å². The molecule has 1 aromatic rings. The Labute approximate surface area is 112 Å². The predicted molar refractivity (Wildman–Crippen MR) is 70.2 cm³/mol. The summed E-state index contributed by atoms with van der Waals surface area (Å²) < 4.78 is 22.3. The zero-order valence-corrected chi connectivity index (χ0v) is 11.8. The van der Waals surface area contributed by atoms with Crippen molar-refractivity contribution in [2.24, 2.45) is 0 Å². The number of carbonyl (C=O) groups is 1. The quantitative estimate of drug-likeness (QED) is 0.657. The van der Waals surface area contributed by atoms with Crippen molar-refractivity contribution in [3.8, 4) is 0 Å². The number of hydrogen-bond donors (Lipinski definition) is 3. The lowest BCUT2D eigenvalue weighted by atomic mass is 10.0. The number of aromatic amines is 1. The van der Waals surface area contributed by atoms with Crippen LogP contribution in [0.3, 0.4) is 0 Å². The average molecular weight is 286 g/mol. The summed E-state index contributed by atoms with van der Waals surface area (Å²) in [7, 11) is -3.09. The number of sulfone groups is 1. The highest BCUT2D eigenvalue weighted by molar-refractivity contribution is 7.90. The molecule has 0 spiro atoms. The summed E-state index contributed by atoms with van der Waals surface area (Å²) >= 11 is 0. The zero-order valence-electron chi connectivity index (χ0n) is 10.9. The molecule has 0 aromatic carbocycles. The second kappa shape index (κ2) is 5.30. The molecule has 1 aliphatic heterocycles. The van der Waals surface area contributed by atoms with Gasteiger partial charge in [0.15, 0.2) is 0 Å². The van der Waals surface area contributed by atoms with Crippen molar-refractivity contribution < 1.29 is 13.2 Å². The minimum Gasteiger partial charge on any atom is -0.351 e. The van der Waals surface area contributed by atoms with Crippen LogP contribution >= 0.6 is 0 Å². The number of imidazole rings is 1. The Balaban J connectivity index is 1.91. The summed E-state index contributed by atoms with van der Waals surface area (Å²) in [5, 5.41) is 5.81. The molecule has 1 aromatic heterocycles. The van der Waals surface area contributed by atoms with Gasteiger partial charge in [0.2, 0.25) is 5.91 Å². The van der Waals surface area contributed by atoms with Gasteiger partial charge in [-0.1, -0.05) is 0 Å². The minimum atomic E-state index is -3.09. The molecule has 8 heteroatoms. The molecule has 2 rings (SSSR count). The summed E-state index contributed by atoms with van der Waals surface area (Å²) in [5.41, 5.74) is 1.88. The Morgan fingerprint density at radius 2 is 2.37 bits per heavy atom. The van der Waals surface area contributed by atoms with Crippen molar-refractivity contribution in [3.05, 3.63) is 17.7 Å². The molecule has 3 N–H and O–H groups in total. The Morgan fingerprint density at radius 3 is 3.05 bits per heavy atom. The summed E-state index contributed by atoms with van der Waals surface area (Å²) in [6.45, 7) is 2.25. The molecule has 106 valence electrons. The van der Waals surface area contributed by atoms with E-state index in [-0.39, 0.29) is 17.7 Å². The van der Waals surface area contributed by atoms with Crippen molar-refractivity contribution in [2.75, 3.05) is 12.0 Å². The number of carbonyl (C=O) groups excluding carboxylic acids is 1. The van der Waals surface area contributed by atoms with Crippen molar-refractivity contribution in [1.82, 2.24) is 20.6 Å². The maximum Gasteiger partial charge on any atom is 0.237 e. The number of nitrogens with one attached hydrogen (secondary N) is 3. The molecule has 2 unspecified atom stereocenters. The van der Waals surface area contributed by atoms with Crippen LogP contribution in [0.15, 0.2) is 6.33 Å². The number of fused-ring (bicyclic) bond motifs is 1. The fraction of sp³-hybridized carbons (Fsp3) is 0.636. The van der Waals surface area contributed by atoms with E-state index in [1.165, 1.54) is 0 Å². The number of amides is 1. The van der Waals surface area contributed by atoms with Gasteiger partial charge in [0.25, 0.3) is 0 Å². The molecular weight excluding hydrogens is 268 g/mol. The van der Waals surface area contributed by atoms with Gasteiger partial charge < -0.3 is 10.3 Å². The van der Waals surface area contributed by atoms with Gasteiger partial charge in [-0.05, 0) is 6.92 Å². The fourth-order valence-electron chi connectivity index (χ4n) is 2.19. The highest BCUT2D eigenvalue weighted by Gasteiger charge is 2.26. The summed E-state index contributed by atoms with van der Waals surface area (Å²) in [6.07, 6.45) is 3.28. The Kier molecular flexibility index (Phi) is 3.91. The van der Waals surface area contributed by atoms with Crippen LogP contribution in [0.2, 0.25) is 0 Å². The van der Waals surface area contributed by atoms with Gasteiger partial charge in [0, 0.05) is 25.3 Å². The van der Waals surface area contributed by atoms with E-state index in [1.807, 2.05) is 0 Å². The van der Waals surface area contributed by atoms with Crippen LogP contribution in [0.5, 0.6) is 0 Å². The Morgan fingerprint density at radius 1 is 1.63 bits per heavy atom. The van der Waals surface area contributed by atoms with Gasteiger partial charge in [-0.2, -0.15) is 0 Å². The number of aromatic nitrogens is 2. The standard InChI is InChI=1S/C11H18N4O3S/c1-7(5-19(2,17)18)15-11(16)9-3-8-10(4-12-9)14-6-13-8/h6-7,9,12H,3-5H2,1-2H3,(H,13,14)(H,15,16). The van der Waals surface area contributed by atoms with E-state index in [9.17, 15) is 13.2 Å². The molecule has 0 aliphatic carbocycles. The molecular formula is C11H18N4O3S. The normalized spacial score (nSPS) is 20.6. The van der Waals surface area contributed by atoms with Crippen LogP contribution in [-0.4, -0.2) is 48.4 Å². The van der Waals surface area contributed by atoms with Crippen molar-refractivity contribution in [3.63, 3.8) is 0 Å². The molecule has 1 amide bonds. The molecule has 0 radical (unpaired) electrons. The lowest BCUT2D eigenvalue weighted by Gasteiger charge is -2.24. The SMILES string of the molecule is CC(CS(C)(=O)=O)NC(=O)C1Cc2nc[nH]c2CN1. The number of H-pyrrole nitrogens is 1. The molecule has 0 fully saturated rings. The molecule has 0 bridgehead atoms. The highest BCUT2D eigenvalue weighted by atomic mass is 32.2. The number of rotatable bonds is 4. The lowest BCUT2D eigenvalue weighted by Crippen LogP contribution is -2.51. The highest BCUT2D eigenvalue weighted by Crippen LogP contribution is 2.12. The van der Waals surface area contributed by atoms with Gasteiger partial charge >= 0.3 is 0 Å². The van der Waals surface area contributed by atoms with Crippen LogP contribution in [0.1, 0.15) is 18.3 Å². The number of nitrogens with zero attached hydrogens (tertiary/aromatic N) is 1. The molecule has 2 atom stereocenters. The van der Waals surface area contributed by atoms with E-state index >= 15 is 0 Å². The van der Waals surface area contributed by atoms with Gasteiger partial charge in [-0.3, -0.25) is 10.1 Å². The smallest absolute Gasteiger partial charge is 0.237 e. The summed E-state index contributed by atoms with van der Waals surface area (Å²) in [4.78, 5) is 19.2. The monoisotopic (exact) mass is 286 g/mol.